The highest BCUT2D eigenvalue weighted by atomic mass is 32.2. The number of nitrogens with zero attached hydrogens (tertiary/aromatic N) is 2. The van der Waals surface area contributed by atoms with Crippen molar-refractivity contribution in [3.8, 4) is 0 Å². The summed E-state index contributed by atoms with van der Waals surface area (Å²) in [6.07, 6.45) is 0. The molecule has 0 aliphatic rings. The Hall–Kier alpha value is -1.36. The number of hydrogen-bond acceptors (Lipinski definition) is 2. The van der Waals surface area contributed by atoms with E-state index in [4.69, 9.17) is 0 Å². The van der Waals surface area contributed by atoms with Gasteiger partial charge in [0, 0.05) is 14.1 Å². The molecule has 0 atom stereocenters. The van der Waals surface area contributed by atoms with Gasteiger partial charge in [-0.1, -0.05) is 17.7 Å². The molecule has 0 bridgehead atoms. The standard InChI is InChI=1S/C11H16N2O2S/c1-9-5-7-11(8-6-9)16(14,15)12-10(2)13(3)4/h5-8H,1-4H3/b12-10+. The van der Waals surface area contributed by atoms with Crippen molar-refractivity contribution in [1.82, 2.24) is 4.90 Å². The van der Waals surface area contributed by atoms with Crippen LogP contribution < -0.4 is 0 Å². The Bertz CT molecular complexity index is 487. The molecule has 0 saturated heterocycles. The van der Waals surface area contributed by atoms with Crippen LogP contribution in [-0.2, 0) is 10.0 Å². The molecule has 0 heterocycles. The zero-order chi connectivity index (χ0) is 12.3. The molecule has 0 fully saturated rings. The van der Waals surface area contributed by atoms with E-state index in [1.165, 1.54) is 0 Å². The van der Waals surface area contributed by atoms with E-state index in [-0.39, 0.29) is 4.90 Å². The number of rotatable bonds is 2. The highest BCUT2D eigenvalue weighted by Gasteiger charge is 2.12. The van der Waals surface area contributed by atoms with Crippen molar-refractivity contribution in [2.75, 3.05) is 14.1 Å². The third kappa shape index (κ3) is 3.06. The maximum atomic E-state index is 11.8. The lowest BCUT2D eigenvalue weighted by atomic mass is 10.2. The molecule has 0 unspecified atom stereocenters. The first-order chi connectivity index (χ1) is 7.33. The van der Waals surface area contributed by atoms with Crippen molar-refractivity contribution < 1.29 is 8.42 Å². The maximum absolute atomic E-state index is 11.8. The maximum Gasteiger partial charge on any atom is 0.283 e. The minimum Gasteiger partial charge on any atom is -0.366 e. The van der Waals surface area contributed by atoms with Gasteiger partial charge in [-0.15, -0.1) is 4.40 Å². The van der Waals surface area contributed by atoms with Gasteiger partial charge in [0.05, 0.1) is 4.90 Å². The van der Waals surface area contributed by atoms with Crippen LogP contribution in [0, 0.1) is 6.92 Å². The summed E-state index contributed by atoms with van der Waals surface area (Å²) in [5, 5.41) is 0. The predicted octanol–water partition coefficient (Wildman–Crippen LogP) is 1.66. The van der Waals surface area contributed by atoms with Gasteiger partial charge in [-0.05, 0) is 26.0 Å². The monoisotopic (exact) mass is 240 g/mol. The molecule has 0 radical (unpaired) electrons. The summed E-state index contributed by atoms with van der Waals surface area (Å²) in [5.74, 6) is 0.459. The van der Waals surface area contributed by atoms with Gasteiger partial charge in [-0.2, -0.15) is 8.42 Å². The molecule has 88 valence electrons. The largest absolute Gasteiger partial charge is 0.366 e. The zero-order valence-electron chi connectivity index (χ0n) is 9.93. The van der Waals surface area contributed by atoms with Crippen molar-refractivity contribution >= 4 is 15.9 Å². The Morgan fingerprint density at radius 2 is 1.69 bits per heavy atom. The van der Waals surface area contributed by atoms with Crippen LogP contribution in [0.1, 0.15) is 12.5 Å². The fourth-order valence-corrected chi connectivity index (χ4v) is 2.12. The first kappa shape index (κ1) is 12.7. The van der Waals surface area contributed by atoms with E-state index in [1.54, 1.807) is 50.2 Å². The SMILES string of the molecule is C/C(=N\S(=O)(=O)c1ccc(C)cc1)N(C)C. The van der Waals surface area contributed by atoms with Gasteiger partial charge >= 0.3 is 0 Å². The molecule has 0 aliphatic heterocycles. The topological polar surface area (TPSA) is 49.7 Å². The smallest absolute Gasteiger partial charge is 0.283 e. The normalized spacial score (nSPS) is 12.6. The van der Waals surface area contributed by atoms with Crippen molar-refractivity contribution in [2.45, 2.75) is 18.7 Å². The fourth-order valence-electron chi connectivity index (χ4n) is 1.02. The third-order valence-electron chi connectivity index (χ3n) is 2.22. The van der Waals surface area contributed by atoms with E-state index in [2.05, 4.69) is 4.40 Å². The van der Waals surface area contributed by atoms with Gasteiger partial charge in [0.25, 0.3) is 10.0 Å². The predicted molar refractivity (Wildman–Crippen MR) is 65.2 cm³/mol. The molecule has 5 heteroatoms. The second-order valence-corrected chi connectivity index (χ2v) is 5.43. The highest BCUT2D eigenvalue weighted by Crippen LogP contribution is 2.13. The molecule has 0 amide bonds. The van der Waals surface area contributed by atoms with E-state index in [0.29, 0.717) is 5.84 Å². The van der Waals surface area contributed by atoms with Gasteiger partial charge in [0.2, 0.25) is 0 Å². The van der Waals surface area contributed by atoms with Crippen molar-refractivity contribution in [2.24, 2.45) is 4.40 Å². The Kier molecular flexibility index (Phi) is 3.70. The lowest BCUT2D eigenvalue weighted by Crippen LogP contribution is -2.20. The van der Waals surface area contributed by atoms with Gasteiger partial charge in [0.1, 0.15) is 5.84 Å². The van der Waals surface area contributed by atoms with Crippen LogP contribution >= 0.6 is 0 Å². The molecule has 0 aliphatic carbocycles. The Balaban J connectivity index is 3.13. The van der Waals surface area contributed by atoms with E-state index >= 15 is 0 Å². The first-order valence-corrected chi connectivity index (χ1v) is 6.32. The van der Waals surface area contributed by atoms with Gasteiger partial charge < -0.3 is 4.90 Å². The van der Waals surface area contributed by atoms with E-state index in [9.17, 15) is 8.42 Å². The summed E-state index contributed by atoms with van der Waals surface area (Å²) in [5.41, 5.74) is 1.02. The molecule has 0 N–H and O–H groups in total. The quantitative estimate of drug-likeness (QED) is 0.583. The zero-order valence-corrected chi connectivity index (χ0v) is 10.7. The van der Waals surface area contributed by atoms with E-state index in [0.717, 1.165) is 5.56 Å². The van der Waals surface area contributed by atoms with Gasteiger partial charge in [0.15, 0.2) is 0 Å². The van der Waals surface area contributed by atoms with Crippen LogP contribution in [0.15, 0.2) is 33.6 Å². The van der Waals surface area contributed by atoms with E-state index in [1.807, 2.05) is 6.92 Å². The Morgan fingerprint density at radius 3 is 2.12 bits per heavy atom. The molecule has 0 saturated carbocycles. The molecule has 0 spiro atoms. The highest BCUT2D eigenvalue weighted by molar-refractivity contribution is 7.90. The summed E-state index contributed by atoms with van der Waals surface area (Å²) in [6, 6.07) is 6.65. The molecular formula is C11H16N2O2S. The van der Waals surface area contributed by atoms with Crippen LogP contribution in [0.3, 0.4) is 0 Å². The van der Waals surface area contributed by atoms with Crippen LogP contribution in [0.25, 0.3) is 0 Å². The minimum absolute atomic E-state index is 0.222. The molecule has 1 aromatic carbocycles. The van der Waals surface area contributed by atoms with Gasteiger partial charge in [-0.25, -0.2) is 0 Å². The summed E-state index contributed by atoms with van der Waals surface area (Å²) >= 11 is 0. The third-order valence-corrected chi connectivity index (χ3v) is 3.59. The van der Waals surface area contributed by atoms with Crippen molar-refractivity contribution in [3.05, 3.63) is 29.8 Å². The Labute approximate surface area is 96.7 Å². The average molecular weight is 240 g/mol. The molecule has 0 aromatic heterocycles. The lowest BCUT2D eigenvalue weighted by molar-refractivity contribution is 0.591. The van der Waals surface area contributed by atoms with Crippen LogP contribution in [-0.4, -0.2) is 33.2 Å². The Morgan fingerprint density at radius 1 is 1.19 bits per heavy atom. The summed E-state index contributed by atoms with van der Waals surface area (Å²) < 4.78 is 27.4. The molecule has 4 nitrogen and oxygen atoms in total. The van der Waals surface area contributed by atoms with Crippen molar-refractivity contribution in [3.63, 3.8) is 0 Å². The summed E-state index contributed by atoms with van der Waals surface area (Å²) in [6.45, 7) is 3.57. The fraction of sp³-hybridized carbons (Fsp3) is 0.364. The summed E-state index contributed by atoms with van der Waals surface area (Å²) in [4.78, 5) is 1.88. The number of sulfonamides is 1. The number of hydrogen-bond donors (Lipinski definition) is 0. The second kappa shape index (κ2) is 4.65. The molecule has 16 heavy (non-hydrogen) atoms. The average Bonchev–Trinajstić information content (AvgIpc) is 2.17. The number of aryl methyl sites for hydroxylation is 1. The summed E-state index contributed by atoms with van der Waals surface area (Å²) in [7, 11) is -0.0681. The van der Waals surface area contributed by atoms with E-state index < -0.39 is 10.0 Å². The van der Waals surface area contributed by atoms with Crippen LogP contribution in [0.4, 0.5) is 0 Å². The number of benzene rings is 1. The van der Waals surface area contributed by atoms with Crippen LogP contribution in [0.2, 0.25) is 0 Å². The second-order valence-electron chi connectivity index (χ2n) is 3.82. The molecule has 1 aromatic rings. The first-order valence-electron chi connectivity index (χ1n) is 4.88. The molecular weight excluding hydrogens is 224 g/mol. The number of amidine groups is 1. The lowest BCUT2D eigenvalue weighted by Gasteiger charge is -2.10. The molecule has 1 rings (SSSR count). The minimum atomic E-state index is -3.57. The van der Waals surface area contributed by atoms with Crippen LogP contribution in [0.5, 0.6) is 0 Å². The van der Waals surface area contributed by atoms with Gasteiger partial charge in [-0.3, -0.25) is 0 Å². The van der Waals surface area contributed by atoms with Crippen molar-refractivity contribution in [1.29, 1.82) is 0 Å².